The number of nitrogens with one attached hydrogen (secondary N) is 1. The van der Waals surface area contributed by atoms with Crippen LogP contribution in [0, 0.1) is 0 Å². The number of urea groups is 1. The monoisotopic (exact) mass is 387 g/mol. The lowest BCUT2D eigenvalue weighted by Crippen LogP contribution is -2.55. The lowest BCUT2D eigenvalue weighted by molar-refractivity contribution is 0.0724. The van der Waals surface area contributed by atoms with Crippen LogP contribution in [-0.4, -0.2) is 66.5 Å². The molecule has 2 aliphatic rings. The average molecular weight is 388 g/mol. The average Bonchev–Trinajstić information content (AvgIpc) is 2.67. The van der Waals surface area contributed by atoms with E-state index in [2.05, 4.69) is 10.2 Å². The van der Waals surface area contributed by atoms with Crippen molar-refractivity contribution in [1.82, 2.24) is 15.1 Å². The van der Waals surface area contributed by atoms with Gasteiger partial charge in [0.05, 0.1) is 5.56 Å². The third-order valence-electron chi connectivity index (χ3n) is 5.28. The van der Waals surface area contributed by atoms with Gasteiger partial charge in [0, 0.05) is 56.2 Å². The Morgan fingerprint density at radius 1 is 0.929 bits per heavy atom. The molecule has 0 saturated carbocycles. The number of piperazine rings is 1. The first-order chi connectivity index (χ1) is 13.2. The van der Waals surface area contributed by atoms with Crippen molar-refractivity contribution in [1.29, 1.82) is 0 Å². The van der Waals surface area contributed by atoms with Crippen LogP contribution in [0.5, 0.6) is 0 Å². The molecule has 0 bridgehead atoms. The maximum Gasteiger partial charge on any atom is 0.317 e. The first-order valence-corrected chi connectivity index (χ1v) is 10.3. The van der Waals surface area contributed by atoms with Crippen LogP contribution in [0.3, 0.4) is 0 Å². The molecule has 3 amide bonds. The molecule has 0 unspecified atom stereocenters. The number of rotatable bonds is 2. The maximum atomic E-state index is 13.1. The second-order valence-corrected chi connectivity index (χ2v) is 8.78. The van der Waals surface area contributed by atoms with Crippen molar-refractivity contribution < 1.29 is 9.59 Å². The summed E-state index contributed by atoms with van der Waals surface area (Å²) in [6.45, 7) is 10.2. The molecular formula is C21H33N5O2. The van der Waals surface area contributed by atoms with Gasteiger partial charge in [0.15, 0.2) is 0 Å². The number of amides is 3. The lowest BCUT2D eigenvalue weighted by Gasteiger charge is -2.38. The van der Waals surface area contributed by atoms with Crippen molar-refractivity contribution in [2.75, 3.05) is 49.9 Å². The smallest absolute Gasteiger partial charge is 0.317 e. The molecule has 154 valence electrons. The second-order valence-electron chi connectivity index (χ2n) is 8.78. The highest BCUT2D eigenvalue weighted by molar-refractivity contribution is 6.00. The molecule has 0 radical (unpaired) electrons. The van der Waals surface area contributed by atoms with Gasteiger partial charge in [-0.05, 0) is 58.2 Å². The third kappa shape index (κ3) is 4.88. The number of anilines is 2. The zero-order valence-corrected chi connectivity index (χ0v) is 17.3. The number of nitrogens with two attached hydrogens (primary N) is 1. The molecule has 28 heavy (non-hydrogen) atoms. The largest absolute Gasteiger partial charge is 0.399 e. The van der Waals surface area contributed by atoms with Gasteiger partial charge in [0.2, 0.25) is 0 Å². The Hall–Kier alpha value is -2.44. The van der Waals surface area contributed by atoms with Crippen LogP contribution in [0.1, 0.15) is 50.4 Å². The molecule has 7 heteroatoms. The van der Waals surface area contributed by atoms with Crippen molar-refractivity contribution in [3.8, 4) is 0 Å². The van der Waals surface area contributed by atoms with E-state index in [9.17, 15) is 9.59 Å². The first-order valence-electron chi connectivity index (χ1n) is 10.3. The fourth-order valence-corrected chi connectivity index (χ4v) is 3.82. The van der Waals surface area contributed by atoms with E-state index in [1.165, 1.54) is 6.42 Å². The Kier molecular flexibility index (Phi) is 6.01. The Morgan fingerprint density at radius 3 is 2.18 bits per heavy atom. The molecule has 1 aromatic rings. The summed E-state index contributed by atoms with van der Waals surface area (Å²) >= 11 is 0. The molecule has 0 aliphatic carbocycles. The van der Waals surface area contributed by atoms with E-state index in [1.807, 2.05) is 42.7 Å². The fourth-order valence-electron chi connectivity index (χ4n) is 3.82. The van der Waals surface area contributed by atoms with Crippen LogP contribution >= 0.6 is 0 Å². The van der Waals surface area contributed by atoms with Gasteiger partial charge in [-0.2, -0.15) is 0 Å². The minimum absolute atomic E-state index is 0.0333. The number of carbonyl (C=O) groups is 2. The molecule has 2 heterocycles. The van der Waals surface area contributed by atoms with Crippen molar-refractivity contribution >= 4 is 23.3 Å². The highest BCUT2D eigenvalue weighted by Crippen LogP contribution is 2.27. The van der Waals surface area contributed by atoms with Crippen LogP contribution in [0.4, 0.5) is 16.2 Å². The highest BCUT2D eigenvalue weighted by atomic mass is 16.2. The molecule has 2 fully saturated rings. The van der Waals surface area contributed by atoms with E-state index in [-0.39, 0.29) is 17.5 Å². The molecule has 0 atom stereocenters. The Balaban J connectivity index is 1.71. The summed E-state index contributed by atoms with van der Waals surface area (Å²) in [5, 5.41) is 3.01. The second kappa shape index (κ2) is 8.29. The van der Waals surface area contributed by atoms with Gasteiger partial charge >= 0.3 is 6.03 Å². The minimum Gasteiger partial charge on any atom is -0.399 e. The number of hydrogen-bond acceptors (Lipinski definition) is 4. The van der Waals surface area contributed by atoms with Gasteiger partial charge in [-0.15, -0.1) is 0 Å². The summed E-state index contributed by atoms with van der Waals surface area (Å²) < 4.78 is 0. The molecule has 2 saturated heterocycles. The SMILES string of the molecule is CC(C)(C)NC(=O)N1CCN(c2ccc(N)cc2C(=O)N2CCCCC2)CC1. The third-order valence-corrected chi connectivity index (χ3v) is 5.28. The lowest BCUT2D eigenvalue weighted by atomic mass is 10.1. The summed E-state index contributed by atoms with van der Waals surface area (Å²) in [5.41, 5.74) is 7.94. The van der Waals surface area contributed by atoms with Crippen molar-refractivity contribution in [3.05, 3.63) is 23.8 Å². The minimum atomic E-state index is -0.251. The Morgan fingerprint density at radius 2 is 1.57 bits per heavy atom. The van der Waals surface area contributed by atoms with Crippen LogP contribution in [-0.2, 0) is 0 Å². The highest BCUT2D eigenvalue weighted by Gasteiger charge is 2.27. The topological polar surface area (TPSA) is 81.9 Å². The van der Waals surface area contributed by atoms with Crippen molar-refractivity contribution in [3.63, 3.8) is 0 Å². The summed E-state index contributed by atoms with van der Waals surface area (Å²) in [7, 11) is 0. The Bertz CT molecular complexity index is 714. The molecule has 0 spiro atoms. The molecule has 2 aliphatic heterocycles. The fraction of sp³-hybridized carbons (Fsp3) is 0.619. The standard InChI is InChI=1S/C21H33N5O2/c1-21(2,3)23-20(28)26-13-11-24(12-14-26)18-8-7-16(22)15-17(18)19(27)25-9-5-4-6-10-25/h7-8,15H,4-6,9-14,22H2,1-3H3,(H,23,28). The van der Waals surface area contributed by atoms with Crippen LogP contribution in [0.2, 0.25) is 0 Å². The predicted molar refractivity (Wildman–Crippen MR) is 113 cm³/mol. The summed E-state index contributed by atoms with van der Waals surface area (Å²) in [6, 6.07) is 5.55. The number of hydrogen-bond donors (Lipinski definition) is 2. The van der Waals surface area contributed by atoms with Gasteiger partial charge in [0.1, 0.15) is 0 Å². The molecule has 3 rings (SSSR count). The number of nitrogens with zero attached hydrogens (tertiary/aromatic N) is 3. The zero-order valence-electron chi connectivity index (χ0n) is 17.3. The zero-order chi connectivity index (χ0) is 20.3. The first kappa shape index (κ1) is 20.3. The van der Waals surface area contributed by atoms with Gasteiger partial charge in [-0.3, -0.25) is 4.79 Å². The quantitative estimate of drug-likeness (QED) is 0.764. The number of nitrogen functional groups attached to an aromatic ring is 1. The summed E-state index contributed by atoms with van der Waals surface area (Å²) in [5.74, 6) is 0.0647. The van der Waals surface area contributed by atoms with Gasteiger partial charge in [-0.1, -0.05) is 0 Å². The van der Waals surface area contributed by atoms with Crippen LogP contribution in [0.15, 0.2) is 18.2 Å². The number of carbonyl (C=O) groups excluding carboxylic acids is 2. The number of benzene rings is 1. The Labute approximate surface area is 167 Å². The molecule has 7 nitrogen and oxygen atoms in total. The van der Waals surface area contributed by atoms with E-state index < -0.39 is 0 Å². The maximum absolute atomic E-state index is 13.1. The van der Waals surface area contributed by atoms with Crippen molar-refractivity contribution in [2.24, 2.45) is 0 Å². The van der Waals surface area contributed by atoms with Gasteiger partial charge in [-0.25, -0.2) is 4.79 Å². The molecular weight excluding hydrogens is 354 g/mol. The summed E-state index contributed by atoms with van der Waals surface area (Å²) in [6.07, 6.45) is 3.31. The van der Waals surface area contributed by atoms with E-state index in [1.54, 1.807) is 6.07 Å². The number of piperidine rings is 1. The summed E-state index contributed by atoms with van der Waals surface area (Å²) in [4.78, 5) is 31.5. The van der Waals surface area contributed by atoms with Crippen LogP contribution in [0.25, 0.3) is 0 Å². The molecule has 1 aromatic carbocycles. The molecule has 0 aromatic heterocycles. The van der Waals surface area contributed by atoms with E-state index >= 15 is 0 Å². The van der Waals surface area contributed by atoms with E-state index in [0.717, 1.165) is 31.6 Å². The normalized spacial score (nSPS) is 18.2. The van der Waals surface area contributed by atoms with E-state index in [4.69, 9.17) is 5.73 Å². The molecule has 3 N–H and O–H groups in total. The van der Waals surface area contributed by atoms with Crippen LogP contribution < -0.4 is 16.0 Å². The van der Waals surface area contributed by atoms with Gasteiger partial charge < -0.3 is 25.8 Å². The van der Waals surface area contributed by atoms with Gasteiger partial charge in [0.25, 0.3) is 5.91 Å². The van der Waals surface area contributed by atoms with E-state index in [0.29, 0.717) is 37.4 Å². The number of likely N-dealkylation sites (tertiary alicyclic amines) is 1. The predicted octanol–water partition coefficient (Wildman–Crippen LogP) is 2.53. The van der Waals surface area contributed by atoms with Crippen molar-refractivity contribution in [2.45, 2.75) is 45.6 Å².